The quantitative estimate of drug-likeness (QED) is 0.417. The molecule has 0 fully saturated rings. The van der Waals surface area contributed by atoms with Gasteiger partial charge in [-0.15, -0.1) is 0 Å². The van der Waals surface area contributed by atoms with Crippen LogP contribution < -0.4 is 4.90 Å². The van der Waals surface area contributed by atoms with Crippen LogP contribution >= 0.6 is 0 Å². The fraction of sp³-hybridized carbons (Fsp3) is 0.182. The second-order valence-electron chi connectivity index (χ2n) is 6.62. The number of nitrogens with zero attached hydrogens (tertiary/aromatic N) is 1. The smallest absolute Gasteiger partial charge is 0.0497 e. The van der Waals surface area contributed by atoms with Crippen LogP contribution in [0, 0.1) is 20.8 Å². The maximum absolute atomic E-state index is 2.40. The van der Waals surface area contributed by atoms with Crippen molar-refractivity contribution in [3.05, 3.63) is 88.5 Å². The summed E-state index contributed by atoms with van der Waals surface area (Å²) < 4.78 is 0. The lowest BCUT2D eigenvalue weighted by atomic mass is 9.92. The van der Waals surface area contributed by atoms with Gasteiger partial charge in [-0.25, -0.2) is 0 Å². The molecular formula is C22H21N. The fourth-order valence-electron chi connectivity index (χ4n) is 3.53. The van der Waals surface area contributed by atoms with Crippen molar-refractivity contribution in [3.8, 4) is 0 Å². The third-order valence-corrected chi connectivity index (χ3v) is 4.59. The highest BCUT2D eigenvalue weighted by molar-refractivity contribution is 5.83. The molecule has 1 aliphatic rings. The predicted octanol–water partition coefficient (Wildman–Crippen LogP) is 5.99. The van der Waals surface area contributed by atoms with Gasteiger partial charge in [0.15, 0.2) is 0 Å². The van der Waals surface area contributed by atoms with E-state index in [1.165, 1.54) is 44.9 Å². The highest BCUT2D eigenvalue weighted by Crippen LogP contribution is 2.44. The van der Waals surface area contributed by atoms with E-state index in [2.05, 4.69) is 86.3 Å². The van der Waals surface area contributed by atoms with E-state index in [0.717, 1.165) is 6.42 Å². The summed E-state index contributed by atoms with van der Waals surface area (Å²) in [6.45, 7) is 6.49. The first-order valence-corrected chi connectivity index (χ1v) is 8.18. The summed E-state index contributed by atoms with van der Waals surface area (Å²) in [7, 11) is 0. The third-order valence-electron chi connectivity index (χ3n) is 4.59. The number of hydrogen-bond acceptors (Lipinski definition) is 1. The zero-order chi connectivity index (χ0) is 16.0. The van der Waals surface area contributed by atoms with Gasteiger partial charge in [-0.05, 0) is 61.7 Å². The lowest BCUT2D eigenvalue weighted by Gasteiger charge is -2.34. The molecule has 3 aromatic carbocycles. The zero-order valence-corrected chi connectivity index (χ0v) is 13.9. The van der Waals surface area contributed by atoms with Crippen LogP contribution in [0.1, 0.15) is 27.8 Å². The van der Waals surface area contributed by atoms with Gasteiger partial charge >= 0.3 is 0 Å². The molecule has 0 N–H and O–H groups in total. The summed E-state index contributed by atoms with van der Waals surface area (Å²) in [4.78, 5) is 2.40. The molecule has 0 saturated heterocycles. The Morgan fingerprint density at radius 2 is 1.22 bits per heavy atom. The van der Waals surface area contributed by atoms with E-state index < -0.39 is 0 Å². The van der Waals surface area contributed by atoms with Crippen molar-refractivity contribution in [1.82, 2.24) is 0 Å². The average molecular weight is 299 g/mol. The average Bonchev–Trinajstić information content (AvgIpc) is 2.52. The van der Waals surface area contributed by atoms with Crippen molar-refractivity contribution in [1.29, 1.82) is 0 Å². The highest BCUT2D eigenvalue weighted by Gasteiger charge is 2.24. The van der Waals surface area contributed by atoms with Crippen LogP contribution in [0.2, 0.25) is 0 Å². The standard InChI is InChI=1S/C22H21N/c1-15-5-4-6-20(13-15)23-21-9-7-16(2)11-18(21)14-19-12-17(3)8-10-22(19)23/h4-13H,14H2,1-3H3. The molecule has 0 radical (unpaired) electrons. The maximum atomic E-state index is 2.40. The van der Waals surface area contributed by atoms with E-state index in [9.17, 15) is 0 Å². The molecule has 1 heteroatoms. The molecule has 0 spiro atoms. The Bertz CT molecular complexity index is 841. The topological polar surface area (TPSA) is 3.24 Å². The van der Waals surface area contributed by atoms with Crippen LogP contribution in [0.15, 0.2) is 60.7 Å². The summed E-state index contributed by atoms with van der Waals surface area (Å²) in [6, 6.07) is 22.3. The van der Waals surface area contributed by atoms with Gasteiger partial charge in [0.05, 0.1) is 0 Å². The highest BCUT2D eigenvalue weighted by atomic mass is 15.2. The zero-order valence-electron chi connectivity index (χ0n) is 13.9. The van der Waals surface area contributed by atoms with Crippen LogP contribution in [0.5, 0.6) is 0 Å². The largest absolute Gasteiger partial charge is 0.310 e. The Hall–Kier alpha value is -2.54. The predicted molar refractivity (Wildman–Crippen MR) is 98.1 cm³/mol. The Balaban J connectivity index is 1.97. The molecule has 0 atom stereocenters. The number of hydrogen-bond donors (Lipinski definition) is 0. The number of rotatable bonds is 1. The van der Waals surface area contributed by atoms with Gasteiger partial charge in [-0.1, -0.05) is 47.5 Å². The number of benzene rings is 3. The first-order valence-electron chi connectivity index (χ1n) is 8.18. The summed E-state index contributed by atoms with van der Waals surface area (Å²) in [6.07, 6.45) is 1.01. The van der Waals surface area contributed by atoms with E-state index in [-0.39, 0.29) is 0 Å². The Morgan fingerprint density at radius 1 is 0.652 bits per heavy atom. The number of fused-ring (bicyclic) bond motifs is 2. The molecule has 0 aromatic heterocycles. The monoisotopic (exact) mass is 299 g/mol. The summed E-state index contributed by atoms with van der Waals surface area (Å²) in [5.41, 5.74) is 10.6. The molecule has 23 heavy (non-hydrogen) atoms. The summed E-state index contributed by atoms with van der Waals surface area (Å²) >= 11 is 0. The van der Waals surface area contributed by atoms with Crippen molar-refractivity contribution in [2.45, 2.75) is 27.2 Å². The van der Waals surface area contributed by atoms with E-state index >= 15 is 0 Å². The Labute approximate surface area is 138 Å². The lowest BCUT2D eigenvalue weighted by Crippen LogP contribution is -2.18. The summed E-state index contributed by atoms with van der Waals surface area (Å²) in [5, 5.41) is 0. The third kappa shape index (κ3) is 2.43. The van der Waals surface area contributed by atoms with Gasteiger partial charge in [0.2, 0.25) is 0 Å². The molecule has 0 amide bonds. The van der Waals surface area contributed by atoms with Gasteiger partial charge in [0.25, 0.3) is 0 Å². The van der Waals surface area contributed by atoms with E-state index in [4.69, 9.17) is 0 Å². The van der Waals surface area contributed by atoms with Gasteiger partial charge in [0.1, 0.15) is 0 Å². The maximum Gasteiger partial charge on any atom is 0.0497 e. The van der Waals surface area contributed by atoms with Crippen molar-refractivity contribution >= 4 is 17.1 Å². The Morgan fingerprint density at radius 3 is 1.78 bits per heavy atom. The molecule has 114 valence electrons. The molecule has 3 aromatic rings. The minimum absolute atomic E-state index is 1.01. The fourth-order valence-corrected chi connectivity index (χ4v) is 3.53. The van der Waals surface area contributed by atoms with E-state index in [1.807, 2.05) is 0 Å². The van der Waals surface area contributed by atoms with Crippen LogP contribution in [-0.4, -0.2) is 0 Å². The molecular weight excluding hydrogens is 278 g/mol. The first-order chi connectivity index (χ1) is 11.1. The molecule has 0 saturated carbocycles. The van der Waals surface area contributed by atoms with Crippen LogP contribution in [-0.2, 0) is 6.42 Å². The van der Waals surface area contributed by atoms with Crippen molar-refractivity contribution < 1.29 is 0 Å². The normalized spacial score (nSPS) is 12.7. The first kappa shape index (κ1) is 14.1. The van der Waals surface area contributed by atoms with Crippen LogP contribution in [0.25, 0.3) is 0 Å². The van der Waals surface area contributed by atoms with E-state index in [1.54, 1.807) is 0 Å². The molecule has 0 bridgehead atoms. The van der Waals surface area contributed by atoms with Crippen molar-refractivity contribution in [2.75, 3.05) is 4.90 Å². The molecule has 0 unspecified atom stereocenters. The van der Waals surface area contributed by atoms with Gasteiger partial charge in [0, 0.05) is 23.5 Å². The van der Waals surface area contributed by atoms with Crippen molar-refractivity contribution in [3.63, 3.8) is 0 Å². The molecule has 1 heterocycles. The van der Waals surface area contributed by atoms with Crippen LogP contribution in [0.3, 0.4) is 0 Å². The molecule has 1 nitrogen and oxygen atoms in total. The molecule has 0 aliphatic carbocycles. The van der Waals surface area contributed by atoms with Crippen LogP contribution in [0.4, 0.5) is 17.1 Å². The molecule has 4 rings (SSSR count). The minimum Gasteiger partial charge on any atom is -0.310 e. The van der Waals surface area contributed by atoms with Gasteiger partial charge in [-0.2, -0.15) is 0 Å². The SMILES string of the molecule is Cc1cccc(N2c3ccc(C)cc3Cc3cc(C)ccc32)c1. The molecule has 1 aliphatic heterocycles. The summed E-state index contributed by atoms with van der Waals surface area (Å²) in [5.74, 6) is 0. The second kappa shape index (κ2) is 5.27. The second-order valence-corrected chi connectivity index (χ2v) is 6.62. The van der Waals surface area contributed by atoms with Gasteiger partial charge in [-0.3, -0.25) is 0 Å². The lowest BCUT2D eigenvalue weighted by molar-refractivity contribution is 1.07. The number of aryl methyl sites for hydroxylation is 3. The Kier molecular flexibility index (Phi) is 3.23. The van der Waals surface area contributed by atoms with Gasteiger partial charge < -0.3 is 4.90 Å². The van der Waals surface area contributed by atoms with Crippen molar-refractivity contribution in [2.24, 2.45) is 0 Å². The minimum atomic E-state index is 1.01. The number of anilines is 3. The van der Waals surface area contributed by atoms with E-state index in [0.29, 0.717) is 0 Å².